The van der Waals surface area contributed by atoms with E-state index in [1.54, 1.807) is 4.90 Å². The number of hydrogen-bond donors (Lipinski definition) is 2. The standard InChI is InChI=1S/C22H21N3O3/c26-12-21-18-9-10-25(11-20(18)23-24-21)22(27)28-13-19-16-7-3-1-5-14(16)15-6-2-4-8-17(15)19/h1-8,19,26H,9-13H2,(H,23,24). The van der Waals surface area contributed by atoms with Crippen molar-refractivity contribution in [3.63, 3.8) is 0 Å². The molecule has 6 heteroatoms. The maximum Gasteiger partial charge on any atom is 0.410 e. The third-order valence-corrected chi connectivity index (χ3v) is 5.76. The summed E-state index contributed by atoms with van der Waals surface area (Å²) in [6.45, 7) is 1.23. The van der Waals surface area contributed by atoms with Gasteiger partial charge in [-0.3, -0.25) is 5.10 Å². The van der Waals surface area contributed by atoms with E-state index < -0.39 is 0 Å². The molecule has 0 atom stereocenters. The number of nitrogens with one attached hydrogen (secondary N) is 1. The lowest BCUT2D eigenvalue weighted by Crippen LogP contribution is -2.37. The molecule has 0 radical (unpaired) electrons. The number of benzene rings is 2. The van der Waals surface area contributed by atoms with Crippen LogP contribution in [0.25, 0.3) is 11.1 Å². The first-order valence-corrected chi connectivity index (χ1v) is 9.52. The fourth-order valence-electron chi connectivity index (χ4n) is 4.36. The molecule has 0 saturated heterocycles. The number of amides is 1. The predicted octanol–water partition coefficient (Wildman–Crippen LogP) is 3.21. The fourth-order valence-corrected chi connectivity index (χ4v) is 4.36. The molecule has 2 heterocycles. The molecule has 1 aromatic heterocycles. The first-order chi connectivity index (χ1) is 13.8. The Kier molecular flexibility index (Phi) is 4.13. The number of aliphatic hydroxyl groups is 1. The van der Waals surface area contributed by atoms with Crippen LogP contribution >= 0.6 is 0 Å². The number of fused-ring (bicyclic) bond motifs is 4. The monoisotopic (exact) mass is 375 g/mol. The van der Waals surface area contributed by atoms with Crippen LogP contribution in [-0.4, -0.2) is 39.4 Å². The van der Waals surface area contributed by atoms with Gasteiger partial charge in [0.25, 0.3) is 0 Å². The van der Waals surface area contributed by atoms with Crippen LogP contribution in [0, 0.1) is 0 Å². The number of hydrogen-bond acceptors (Lipinski definition) is 4. The highest BCUT2D eigenvalue weighted by Gasteiger charge is 2.31. The molecule has 2 N–H and O–H groups in total. The van der Waals surface area contributed by atoms with Crippen LogP contribution in [0.5, 0.6) is 0 Å². The van der Waals surface area contributed by atoms with E-state index in [1.807, 2.05) is 24.3 Å². The van der Waals surface area contributed by atoms with Gasteiger partial charge < -0.3 is 14.7 Å². The highest BCUT2D eigenvalue weighted by molar-refractivity contribution is 5.79. The van der Waals surface area contributed by atoms with E-state index in [0.717, 1.165) is 11.3 Å². The second-order valence-electron chi connectivity index (χ2n) is 7.26. The summed E-state index contributed by atoms with van der Waals surface area (Å²) in [5.41, 5.74) is 7.42. The summed E-state index contributed by atoms with van der Waals surface area (Å²) < 4.78 is 5.73. The fraction of sp³-hybridized carbons (Fsp3) is 0.273. The second-order valence-corrected chi connectivity index (χ2v) is 7.26. The molecule has 0 unspecified atom stereocenters. The summed E-state index contributed by atoms with van der Waals surface area (Å²) in [5.74, 6) is 0.0600. The van der Waals surface area contributed by atoms with E-state index in [2.05, 4.69) is 34.5 Å². The van der Waals surface area contributed by atoms with E-state index in [-0.39, 0.29) is 18.6 Å². The maximum absolute atomic E-state index is 12.7. The number of aromatic amines is 1. The number of aliphatic hydroxyl groups excluding tert-OH is 1. The molecular weight excluding hydrogens is 354 g/mol. The van der Waals surface area contributed by atoms with Crippen LogP contribution in [0.1, 0.15) is 34.0 Å². The SMILES string of the molecule is O=C(OCC1c2ccccc2-c2ccccc21)N1CCc2c(CO)n[nH]c2C1. The summed E-state index contributed by atoms with van der Waals surface area (Å²) in [6.07, 6.45) is 0.360. The van der Waals surface area contributed by atoms with Crippen molar-refractivity contribution in [3.8, 4) is 11.1 Å². The normalized spacial score (nSPS) is 15.1. The van der Waals surface area contributed by atoms with Crippen LogP contribution in [0.15, 0.2) is 48.5 Å². The summed E-state index contributed by atoms with van der Waals surface area (Å²) in [4.78, 5) is 14.4. The summed E-state index contributed by atoms with van der Waals surface area (Å²) in [5, 5.41) is 16.4. The van der Waals surface area contributed by atoms with Gasteiger partial charge in [-0.15, -0.1) is 0 Å². The average Bonchev–Trinajstić information content (AvgIpc) is 3.30. The van der Waals surface area contributed by atoms with Gasteiger partial charge in [0.2, 0.25) is 0 Å². The van der Waals surface area contributed by atoms with Gasteiger partial charge in [-0.2, -0.15) is 5.10 Å². The van der Waals surface area contributed by atoms with Crippen molar-refractivity contribution in [1.29, 1.82) is 0 Å². The van der Waals surface area contributed by atoms with Crippen LogP contribution in [0.3, 0.4) is 0 Å². The molecule has 28 heavy (non-hydrogen) atoms. The van der Waals surface area contributed by atoms with Crippen molar-refractivity contribution in [2.45, 2.75) is 25.5 Å². The Morgan fingerprint density at radius 2 is 1.82 bits per heavy atom. The minimum atomic E-state index is -0.312. The Labute approximate surface area is 162 Å². The van der Waals surface area contributed by atoms with E-state index in [4.69, 9.17) is 4.74 Å². The zero-order valence-electron chi connectivity index (χ0n) is 15.4. The lowest BCUT2D eigenvalue weighted by Gasteiger charge is -2.27. The number of H-pyrrole nitrogens is 1. The van der Waals surface area contributed by atoms with Crippen molar-refractivity contribution in [2.24, 2.45) is 0 Å². The van der Waals surface area contributed by atoms with Crippen molar-refractivity contribution in [3.05, 3.63) is 76.6 Å². The molecule has 3 aromatic rings. The molecule has 142 valence electrons. The molecule has 0 fully saturated rings. The van der Waals surface area contributed by atoms with Gasteiger partial charge in [0.05, 0.1) is 24.5 Å². The number of ether oxygens (including phenoxy) is 1. The van der Waals surface area contributed by atoms with Crippen molar-refractivity contribution in [1.82, 2.24) is 15.1 Å². The number of aromatic nitrogens is 2. The summed E-state index contributed by atoms with van der Waals surface area (Å²) >= 11 is 0. The Balaban J connectivity index is 1.31. The minimum absolute atomic E-state index is 0.0600. The average molecular weight is 375 g/mol. The second kappa shape index (κ2) is 6.80. The van der Waals surface area contributed by atoms with Gasteiger partial charge in [-0.25, -0.2) is 4.79 Å². The lowest BCUT2D eigenvalue weighted by atomic mass is 9.98. The first-order valence-electron chi connectivity index (χ1n) is 9.52. The number of carbonyl (C=O) groups is 1. The van der Waals surface area contributed by atoms with Crippen LogP contribution < -0.4 is 0 Å². The van der Waals surface area contributed by atoms with Crippen molar-refractivity contribution >= 4 is 6.09 Å². The highest BCUT2D eigenvalue weighted by Crippen LogP contribution is 2.44. The van der Waals surface area contributed by atoms with Gasteiger partial charge in [-0.1, -0.05) is 48.5 Å². The zero-order chi connectivity index (χ0) is 19.1. The number of rotatable bonds is 3. The van der Waals surface area contributed by atoms with E-state index in [1.165, 1.54) is 22.3 Å². The van der Waals surface area contributed by atoms with Crippen molar-refractivity contribution < 1.29 is 14.6 Å². The van der Waals surface area contributed by atoms with Gasteiger partial charge >= 0.3 is 6.09 Å². The topological polar surface area (TPSA) is 78.4 Å². The Bertz CT molecular complexity index is 998. The minimum Gasteiger partial charge on any atom is -0.448 e. The largest absolute Gasteiger partial charge is 0.448 e. The predicted molar refractivity (Wildman–Crippen MR) is 104 cm³/mol. The highest BCUT2D eigenvalue weighted by atomic mass is 16.6. The number of nitrogens with zero attached hydrogens (tertiary/aromatic N) is 2. The van der Waals surface area contributed by atoms with E-state index in [9.17, 15) is 9.90 Å². The van der Waals surface area contributed by atoms with Gasteiger partial charge in [0.15, 0.2) is 0 Å². The molecule has 0 saturated carbocycles. The van der Waals surface area contributed by atoms with Gasteiger partial charge in [0, 0.05) is 18.0 Å². The van der Waals surface area contributed by atoms with Gasteiger partial charge in [-0.05, 0) is 28.7 Å². The Morgan fingerprint density at radius 3 is 2.50 bits per heavy atom. The third-order valence-electron chi connectivity index (χ3n) is 5.76. The van der Waals surface area contributed by atoms with E-state index >= 15 is 0 Å². The van der Waals surface area contributed by atoms with Gasteiger partial charge in [0.1, 0.15) is 6.61 Å². The smallest absolute Gasteiger partial charge is 0.410 e. The maximum atomic E-state index is 12.7. The van der Waals surface area contributed by atoms with E-state index in [0.29, 0.717) is 31.8 Å². The molecule has 1 aliphatic heterocycles. The zero-order valence-corrected chi connectivity index (χ0v) is 15.4. The van der Waals surface area contributed by atoms with Crippen LogP contribution in [0.2, 0.25) is 0 Å². The summed E-state index contributed by atoms with van der Waals surface area (Å²) in [7, 11) is 0. The third kappa shape index (κ3) is 2.68. The molecule has 2 aliphatic rings. The Morgan fingerprint density at radius 1 is 1.14 bits per heavy atom. The Hall–Kier alpha value is -3.12. The number of carbonyl (C=O) groups excluding carboxylic acids is 1. The van der Waals surface area contributed by atoms with Crippen molar-refractivity contribution in [2.75, 3.05) is 13.2 Å². The molecule has 1 amide bonds. The van der Waals surface area contributed by atoms with Crippen LogP contribution in [-0.2, 0) is 24.3 Å². The summed E-state index contributed by atoms with van der Waals surface area (Å²) in [6, 6.07) is 16.6. The molecule has 2 aromatic carbocycles. The first kappa shape index (κ1) is 17.0. The molecule has 0 spiro atoms. The molecule has 0 bridgehead atoms. The molecule has 6 nitrogen and oxygen atoms in total. The lowest BCUT2D eigenvalue weighted by molar-refractivity contribution is 0.0948. The molecule has 5 rings (SSSR count). The molecule has 1 aliphatic carbocycles. The molecular formula is C22H21N3O3. The quantitative estimate of drug-likeness (QED) is 0.737. The van der Waals surface area contributed by atoms with Crippen LogP contribution in [0.4, 0.5) is 4.79 Å².